The summed E-state index contributed by atoms with van der Waals surface area (Å²) in [6.45, 7) is 1.86. The van der Waals surface area contributed by atoms with Crippen molar-refractivity contribution in [2.24, 2.45) is 0 Å². The first-order chi connectivity index (χ1) is 14.0. The quantitative estimate of drug-likeness (QED) is 0.304. The third-order valence-electron chi connectivity index (χ3n) is 3.63. The molecule has 3 aromatic heterocycles. The summed E-state index contributed by atoms with van der Waals surface area (Å²) in [6, 6.07) is 6.29. The van der Waals surface area contributed by atoms with Gasteiger partial charge in [-0.15, -0.1) is 21.5 Å². The molecule has 0 aliphatic heterocycles. The summed E-state index contributed by atoms with van der Waals surface area (Å²) in [6.07, 6.45) is 0. The maximum Gasteiger partial charge on any atom is 0.284 e. The van der Waals surface area contributed by atoms with E-state index in [0.29, 0.717) is 19.4 Å². The lowest BCUT2D eigenvalue weighted by atomic mass is 10.2. The number of anilines is 1. The molecule has 1 aromatic carbocycles. The molecule has 0 saturated carbocycles. The van der Waals surface area contributed by atoms with Crippen LogP contribution in [0.5, 0.6) is 0 Å². The molecule has 0 saturated heterocycles. The van der Waals surface area contributed by atoms with E-state index in [1.165, 1.54) is 40.5 Å². The first kappa shape index (κ1) is 19.6. The van der Waals surface area contributed by atoms with Gasteiger partial charge in [0.25, 0.3) is 11.6 Å². The Morgan fingerprint density at radius 2 is 2.10 bits per heavy atom. The van der Waals surface area contributed by atoms with Crippen LogP contribution in [0.2, 0.25) is 0 Å². The van der Waals surface area contributed by atoms with E-state index in [0.717, 1.165) is 11.3 Å². The number of carbonyl (C=O) groups excluding carboxylic acids is 1. The summed E-state index contributed by atoms with van der Waals surface area (Å²) in [4.78, 5) is 28.3. The fourth-order valence-electron chi connectivity index (χ4n) is 2.31. The fraction of sp³-hybridized carbons (Fsp3) is 0.0588. The van der Waals surface area contributed by atoms with Gasteiger partial charge >= 0.3 is 0 Å². The normalized spacial score (nSPS) is 10.8. The zero-order chi connectivity index (χ0) is 20.4. The summed E-state index contributed by atoms with van der Waals surface area (Å²) in [5.41, 5.74) is 1.81. The largest absolute Gasteiger partial charge is 0.296 e. The number of nitrogens with one attached hydrogen (secondary N) is 1. The van der Waals surface area contributed by atoms with Crippen molar-refractivity contribution in [3.05, 3.63) is 61.8 Å². The van der Waals surface area contributed by atoms with Gasteiger partial charge < -0.3 is 0 Å². The van der Waals surface area contributed by atoms with Gasteiger partial charge in [0.2, 0.25) is 5.13 Å². The number of nitro benzene ring substituents is 1. The maximum atomic E-state index is 12.5. The van der Waals surface area contributed by atoms with Crippen LogP contribution < -0.4 is 5.32 Å². The average molecular weight is 462 g/mol. The third-order valence-corrected chi connectivity index (χ3v) is 7.32. The standard InChI is InChI=1S/C17H11N5O3S4/c1-9-7-27-17(18-9)28-13-3-2-10(6-12(13)22(24)25)14(23)19-16-21-20-15(29-16)11-4-5-26-8-11/h2-8H,1H3,(H,19,21,23). The Kier molecular flexibility index (Phi) is 5.67. The Morgan fingerprint density at radius 1 is 1.24 bits per heavy atom. The SMILES string of the molecule is Cc1csc(Sc2ccc(C(=O)Nc3nnc(-c4ccsc4)s3)cc2[N+](=O)[O-])n1. The molecule has 8 nitrogen and oxygen atoms in total. The predicted molar refractivity (Wildman–Crippen MR) is 115 cm³/mol. The Balaban J connectivity index is 1.54. The van der Waals surface area contributed by atoms with Crippen molar-refractivity contribution in [1.82, 2.24) is 15.2 Å². The van der Waals surface area contributed by atoms with E-state index in [1.807, 2.05) is 29.1 Å². The van der Waals surface area contributed by atoms with Crippen molar-refractivity contribution >= 4 is 62.5 Å². The highest BCUT2D eigenvalue weighted by Crippen LogP contribution is 2.37. The monoisotopic (exact) mass is 461 g/mol. The summed E-state index contributed by atoms with van der Waals surface area (Å²) < 4.78 is 0.706. The second kappa shape index (κ2) is 8.37. The van der Waals surface area contributed by atoms with Crippen LogP contribution in [-0.2, 0) is 0 Å². The minimum atomic E-state index is -0.501. The molecule has 4 aromatic rings. The second-order valence-corrected chi connectivity index (χ2v) is 9.58. The summed E-state index contributed by atoms with van der Waals surface area (Å²) in [7, 11) is 0. The molecule has 0 fully saturated rings. The number of thiazole rings is 1. The van der Waals surface area contributed by atoms with Crippen LogP contribution in [0, 0.1) is 17.0 Å². The van der Waals surface area contributed by atoms with Crippen molar-refractivity contribution < 1.29 is 9.72 Å². The maximum absolute atomic E-state index is 12.5. The topological polar surface area (TPSA) is 111 Å². The molecule has 1 N–H and O–H groups in total. The molecule has 12 heteroatoms. The molecule has 3 heterocycles. The molecule has 0 bridgehead atoms. The molecule has 4 rings (SSSR count). The van der Waals surface area contributed by atoms with Crippen LogP contribution >= 0.6 is 45.8 Å². The highest BCUT2D eigenvalue weighted by molar-refractivity contribution is 8.01. The van der Waals surface area contributed by atoms with E-state index in [1.54, 1.807) is 23.5 Å². The number of amides is 1. The molecule has 29 heavy (non-hydrogen) atoms. The van der Waals surface area contributed by atoms with Gasteiger partial charge in [-0.25, -0.2) is 4.98 Å². The van der Waals surface area contributed by atoms with Crippen molar-refractivity contribution in [3.8, 4) is 10.6 Å². The number of thiophene rings is 1. The number of aryl methyl sites for hydroxylation is 1. The summed E-state index contributed by atoms with van der Waals surface area (Å²) in [5, 5.41) is 29.0. The van der Waals surface area contributed by atoms with Crippen LogP contribution in [0.4, 0.5) is 10.8 Å². The van der Waals surface area contributed by atoms with Gasteiger partial charge in [0, 0.05) is 33.6 Å². The summed E-state index contributed by atoms with van der Waals surface area (Å²) >= 11 is 5.40. The van der Waals surface area contributed by atoms with Gasteiger partial charge in [0.15, 0.2) is 4.34 Å². The Labute approximate surface area is 180 Å². The highest BCUT2D eigenvalue weighted by atomic mass is 32.2. The number of aromatic nitrogens is 3. The number of rotatable bonds is 6. The zero-order valence-corrected chi connectivity index (χ0v) is 18.0. The van der Waals surface area contributed by atoms with Crippen molar-refractivity contribution in [3.63, 3.8) is 0 Å². The first-order valence-corrected chi connectivity index (χ1v) is 11.5. The van der Waals surface area contributed by atoms with Gasteiger partial charge in [0.05, 0.1) is 9.82 Å². The Hall–Kier alpha value is -2.67. The van der Waals surface area contributed by atoms with E-state index in [4.69, 9.17) is 0 Å². The van der Waals surface area contributed by atoms with Gasteiger partial charge in [-0.05, 0) is 30.5 Å². The van der Waals surface area contributed by atoms with Gasteiger partial charge in [-0.2, -0.15) is 11.3 Å². The molecule has 0 unspecified atom stereocenters. The molecule has 0 radical (unpaired) electrons. The predicted octanol–water partition coefficient (Wildman–Crippen LogP) is 5.34. The van der Waals surface area contributed by atoms with E-state index in [9.17, 15) is 14.9 Å². The number of hydrogen-bond acceptors (Lipinski definition) is 10. The molecule has 1 amide bonds. The molecule has 0 spiro atoms. The fourth-order valence-corrected chi connectivity index (χ4v) is 5.64. The average Bonchev–Trinajstić information content (AvgIpc) is 3.44. The van der Waals surface area contributed by atoms with Crippen molar-refractivity contribution in [2.45, 2.75) is 16.2 Å². The zero-order valence-electron chi connectivity index (χ0n) is 14.7. The van der Waals surface area contributed by atoms with Gasteiger partial charge in [-0.1, -0.05) is 23.1 Å². The number of carbonyl (C=O) groups is 1. The van der Waals surface area contributed by atoms with Crippen molar-refractivity contribution in [1.29, 1.82) is 0 Å². The van der Waals surface area contributed by atoms with Crippen LogP contribution in [-0.4, -0.2) is 26.0 Å². The molecular weight excluding hydrogens is 450 g/mol. The third kappa shape index (κ3) is 4.50. The minimum absolute atomic E-state index is 0.147. The number of hydrogen-bond donors (Lipinski definition) is 1. The van der Waals surface area contributed by atoms with Crippen LogP contribution in [0.3, 0.4) is 0 Å². The molecular formula is C17H11N5O3S4. The van der Waals surface area contributed by atoms with E-state index in [2.05, 4.69) is 20.5 Å². The van der Waals surface area contributed by atoms with Crippen LogP contribution in [0.1, 0.15) is 16.1 Å². The first-order valence-electron chi connectivity index (χ1n) is 8.05. The lowest BCUT2D eigenvalue weighted by Gasteiger charge is -2.04. The number of benzene rings is 1. The Bertz CT molecular complexity index is 1190. The van der Waals surface area contributed by atoms with Gasteiger partial charge in [0.1, 0.15) is 5.01 Å². The van der Waals surface area contributed by atoms with E-state index < -0.39 is 10.8 Å². The van der Waals surface area contributed by atoms with E-state index in [-0.39, 0.29) is 11.3 Å². The summed E-state index contributed by atoms with van der Waals surface area (Å²) in [5.74, 6) is -0.484. The van der Waals surface area contributed by atoms with Crippen LogP contribution in [0.15, 0.2) is 49.6 Å². The highest BCUT2D eigenvalue weighted by Gasteiger charge is 2.20. The number of nitro groups is 1. The Morgan fingerprint density at radius 3 is 2.79 bits per heavy atom. The minimum Gasteiger partial charge on any atom is -0.296 e. The van der Waals surface area contributed by atoms with Gasteiger partial charge in [-0.3, -0.25) is 20.2 Å². The lowest BCUT2D eigenvalue weighted by Crippen LogP contribution is -2.12. The molecule has 0 aliphatic rings. The number of nitrogens with zero attached hydrogens (tertiary/aromatic N) is 4. The molecule has 0 atom stereocenters. The smallest absolute Gasteiger partial charge is 0.284 e. The van der Waals surface area contributed by atoms with Crippen LogP contribution in [0.25, 0.3) is 10.6 Å². The second-order valence-electron chi connectivity index (χ2n) is 5.67. The molecule has 146 valence electrons. The van der Waals surface area contributed by atoms with Crippen molar-refractivity contribution in [2.75, 3.05) is 5.32 Å². The van der Waals surface area contributed by atoms with E-state index >= 15 is 0 Å². The molecule has 0 aliphatic carbocycles. The lowest BCUT2D eigenvalue weighted by molar-refractivity contribution is -0.387.